The Hall–Kier alpha value is -1.81. The summed E-state index contributed by atoms with van der Waals surface area (Å²) in [7, 11) is 0. The van der Waals surface area contributed by atoms with Gasteiger partial charge in [-0.3, -0.25) is 4.57 Å². The van der Waals surface area contributed by atoms with E-state index >= 15 is 0 Å². The predicted molar refractivity (Wildman–Crippen MR) is 95.2 cm³/mol. The van der Waals surface area contributed by atoms with Gasteiger partial charge in [0.2, 0.25) is 0 Å². The van der Waals surface area contributed by atoms with Gasteiger partial charge in [-0.2, -0.15) is 0 Å². The van der Waals surface area contributed by atoms with Gasteiger partial charge in [-0.05, 0) is 26.8 Å². The number of nitrogen functional groups attached to an aromatic ring is 1. The Morgan fingerprint density at radius 1 is 1.31 bits per heavy atom. The standard InChI is InChI=1S/C17H26N6O3/c1-4-5-19-7-10-6-11-13(26-17(2,3)25-11)16(24-10)23-9-22-12-14(18)20-8-21-15(12)23/h8-11,13,16,19H,4-7H2,1-3H3,(H2,18,20,21)/t10-,11?,13?,16?/m1/s1. The summed E-state index contributed by atoms with van der Waals surface area (Å²) < 4.78 is 20.5. The Labute approximate surface area is 152 Å². The summed E-state index contributed by atoms with van der Waals surface area (Å²) in [6, 6.07) is 0. The Balaban J connectivity index is 1.65. The lowest BCUT2D eigenvalue weighted by Crippen LogP contribution is -2.47. The molecule has 2 saturated heterocycles. The number of aromatic nitrogens is 4. The maximum absolute atomic E-state index is 6.39. The van der Waals surface area contributed by atoms with Crippen molar-refractivity contribution >= 4 is 17.0 Å². The maximum Gasteiger partial charge on any atom is 0.167 e. The zero-order chi connectivity index (χ0) is 18.3. The molecule has 142 valence electrons. The summed E-state index contributed by atoms with van der Waals surface area (Å²) in [6.07, 6.45) is 4.34. The van der Waals surface area contributed by atoms with Crippen LogP contribution in [0.2, 0.25) is 0 Å². The normalized spacial score (nSPS) is 30.6. The van der Waals surface area contributed by atoms with Gasteiger partial charge in [-0.15, -0.1) is 0 Å². The van der Waals surface area contributed by atoms with Gasteiger partial charge in [0.1, 0.15) is 17.9 Å². The SMILES string of the molecule is CCCNC[C@H]1CC2OC(C)(C)OC2C(n2cnc3c(N)ncnc32)O1. The molecule has 2 aromatic rings. The Bertz CT molecular complexity index is 779. The first-order valence-electron chi connectivity index (χ1n) is 9.13. The summed E-state index contributed by atoms with van der Waals surface area (Å²) in [6.45, 7) is 7.73. The van der Waals surface area contributed by atoms with Crippen molar-refractivity contribution in [3.8, 4) is 0 Å². The number of nitrogens with zero attached hydrogens (tertiary/aromatic N) is 4. The topological polar surface area (TPSA) is 109 Å². The monoisotopic (exact) mass is 362 g/mol. The molecule has 3 N–H and O–H groups in total. The first-order chi connectivity index (χ1) is 12.5. The molecule has 3 unspecified atom stereocenters. The van der Waals surface area contributed by atoms with E-state index in [9.17, 15) is 0 Å². The van der Waals surface area contributed by atoms with Crippen LogP contribution in [0.5, 0.6) is 0 Å². The number of hydrogen-bond acceptors (Lipinski definition) is 8. The Morgan fingerprint density at radius 3 is 2.96 bits per heavy atom. The molecule has 2 aromatic heterocycles. The quantitative estimate of drug-likeness (QED) is 0.764. The lowest BCUT2D eigenvalue weighted by atomic mass is 10.0. The van der Waals surface area contributed by atoms with Crippen molar-refractivity contribution in [3.05, 3.63) is 12.7 Å². The molecule has 0 radical (unpaired) electrons. The van der Waals surface area contributed by atoms with Crippen molar-refractivity contribution in [3.63, 3.8) is 0 Å². The molecule has 0 bridgehead atoms. The predicted octanol–water partition coefficient (Wildman–Crippen LogP) is 1.22. The van der Waals surface area contributed by atoms with Gasteiger partial charge in [-0.1, -0.05) is 6.92 Å². The van der Waals surface area contributed by atoms with E-state index < -0.39 is 5.79 Å². The van der Waals surface area contributed by atoms with Crippen LogP contribution >= 0.6 is 0 Å². The number of rotatable bonds is 5. The first-order valence-corrected chi connectivity index (χ1v) is 9.13. The van der Waals surface area contributed by atoms with Gasteiger partial charge < -0.3 is 25.3 Å². The van der Waals surface area contributed by atoms with Crippen LogP contribution in [0.25, 0.3) is 11.2 Å². The van der Waals surface area contributed by atoms with Crippen LogP contribution in [0.15, 0.2) is 12.7 Å². The number of hydrogen-bond donors (Lipinski definition) is 2. The third-order valence-electron chi connectivity index (χ3n) is 4.79. The lowest BCUT2D eigenvalue weighted by Gasteiger charge is -2.37. The highest BCUT2D eigenvalue weighted by Crippen LogP contribution is 2.41. The van der Waals surface area contributed by atoms with E-state index in [1.807, 2.05) is 18.4 Å². The van der Waals surface area contributed by atoms with Crippen molar-refractivity contribution in [2.24, 2.45) is 0 Å². The zero-order valence-electron chi connectivity index (χ0n) is 15.4. The van der Waals surface area contributed by atoms with Crippen LogP contribution in [0.3, 0.4) is 0 Å². The average Bonchev–Trinajstić information content (AvgIpc) is 3.15. The third-order valence-corrected chi connectivity index (χ3v) is 4.79. The molecule has 26 heavy (non-hydrogen) atoms. The molecule has 0 saturated carbocycles. The van der Waals surface area contributed by atoms with Gasteiger partial charge in [0, 0.05) is 13.0 Å². The highest BCUT2D eigenvalue weighted by Gasteiger charge is 2.51. The van der Waals surface area contributed by atoms with Crippen LogP contribution in [-0.4, -0.2) is 56.7 Å². The zero-order valence-corrected chi connectivity index (χ0v) is 15.4. The molecule has 0 amide bonds. The van der Waals surface area contributed by atoms with Crippen LogP contribution in [0.1, 0.15) is 39.8 Å². The van der Waals surface area contributed by atoms with E-state index in [2.05, 4.69) is 27.2 Å². The van der Waals surface area contributed by atoms with Gasteiger partial charge in [0.05, 0.1) is 18.5 Å². The number of nitrogens with two attached hydrogens (primary N) is 1. The van der Waals surface area contributed by atoms with Crippen LogP contribution in [0.4, 0.5) is 5.82 Å². The van der Waals surface area contributed by atoms with Gasteiger partial charge in [-0.25, -0.2) is 15.0 Å². The molecule has 2 aliphatic rings. The molecular formula is C17H26N6O3. The summed E-state index contributed by atoms with van der Waals surface area (Å²) in [5.41, 5.74) is 7.13. The van der Waals surface area contributed by atoms with Gasteiger partial charge in [0.15, 0.2) is 23.5 Å². The molecule has 4 atom stereocenters. The molecular weight excluding hydrogens is 336 g/mol. The lowest BCUT2D eigenvalue weighted by molar-refractivity contribution is -0.177. The van der Waals surface area contributed by atoms with Crippen molar-refractivity contribution in [1.82, 2.24) is 24.8 Å². The fourth-order valence-electron chi connectivity index (χ4n) is 3.73. The second-order valence-corrected chi connectivity index (χ2v) is 7.31. The minimum absolute atomic E-state index is 0.0157. The minimum atomic E-state index is -0.646. The van der Waals surface area contributed by atoms with Crippen molar-refractivity contribution in [1.29, 1.82) is 0 Å². The summed E-state index contributed by atoms with van der Waals surface area (Å²) in [4.78, 5) is 12.7. The van der Waals surface area contributed by atoms with Gasteiger partial charge >= 0.3 is 0 Å². The highest BCUT2D eigenvalue weighted by molar-refractivity contribution is 5.81. The summed E-state index contributed by atoms with van der Waals surface area (Å²) in [5, 5.41) is 3.43. The fraction of sp³-hybridized carbons (Fsp3) is 0.706. The molecule has 0 aromatic carbocycles. The number of nitrogens with one attached hydrogen (secondary N) is 1. The van der Waals surface area contributed by atoms with E-state index in [4.69, 9.17) is 19.9 Å². The average molecular weight is 362 g/mol. The molecule has 9 nitrogen and oxygen atoms in total. The fourth-order valence-corrected chi connectivity index (χ4v) is 3.73. The molecule has 4 rings (SSSR count). The second-order valence-electron chi connectivity index (χ2n) is 7.31. The molecule has 0 spiro atoms. The molecule has 9 heteroatoms. The second kappa shape index (κ2) is 6.73. The molecule has 0 aliphatic carbocycles. The van der Waals surface area contributed by atoms with Crippen LogP contribution in [0, 0.1) is 0 Å². The number of ether oxygens (including phenoxy) is 3. The first kappa shape index (κ1) is 17.6. The van der Waals surface area contributed by atoms with E-state index in [-0.39, 0.29) is 24.5 Å². The molecule has 2 fully saturated rings. The van der Waals surface area contributed by atoms with Crippen molar-refractivity contribution in [2.75, 3.05) is 18.8 Å². The number of fused-ring (bicyclic) bond motifs is 2. The molecule has 2 aliphatic heterocycles. The van der Waals surface area contributed by atoms with Crippen LogP contribution < -0.4 is 11.1 Å². The highest BCUT2D eigenvalue weighted by atomic mass is 16.8. The number of anilines is 1. The number of imidazole rings is 1. The van der Waals surface area contributed by atoms with Crippen LogP contribution in [-0.2, 0) is 14.2 Å². The minimum Gasteiger partial charge on any atom is -0.382 e. The van der Waals surface area contributed by atoms with Crippen molar-refractivity contribution in [2.45, 2.75) is 63.9 Å². The van der Waals surface area contributed by atoms with E-state index in [0.29, 0.717) is 17.0 Å². The maximum atomic E-state index is 6.39. The van der Waals surface area contributed by atoms with E-state index in [0.717, 1.165) is 25.9 Å². The molecule has 4 heterocycles. The summed E-state index contributed by atoms with van der Waals surface area (Å²) >= 11 is 0. The summed E-state index contributed by atoms with van der Waals surface area (Å²) in [5.74, 6) is -0.293. The smallest absolute Gasteiger partial charge is 0.167 e. The van der Waals surface area contributed by atoms with E-state index in [1.165, 1.54) is 6.33 Å². The van der Waals surface area contributed by atoms with Gasteiger partial charge in [0.25, 0.3) is 0 Å². The van der Waals surface area contributed by atoms with Crippen molar-refractivity contribution < 1.29 is 14.2 Å². The largest absolute Gasteiger partial charge is 0.382 e. The Kier molecular flexibility index (Phi) is 4.55. The third kappa shape index (κ3) is 3.16. The Morgan fingerprint density at radius 2 is 2.15 bits per heavy atom. The van der Waals surface area contributed by atoms with E-state index in [1.54, 1.807) is 6.33 Å².